The lowest BCUT2D eigenvalue weighted by Crippen LogP contribution is -2.29. The SMILES string of the molecule is COC(=O)c1ccc([C@@H]2C(=C(O)c3ccc4c(c3)OCCO4)C(=O)C(=O)N2c2nc3c(C)cc(C)cc3s2)cc1. The zero-order valence-electron chi connectivity index (χ0n) is 21.9. The molecule has 2 aliphatic heterocycles. The van der Waals surface area contributed by atoms with Crippen molar-refractivity contribution in [3.05, 3.63) is 88.0 Å². The van der Waals surface area contributed by atoms with Crippen LogP contribution in [-0.2, 0) is 14.3 Å². The number of fused-ring (bicyclic) bond motifs is 2. The Morgan fingerprint density at radius 3 is 2.42 bits per heavy atom. The summed E-state index contributed by atoms with van der Waals surface area (Å²) in [4.78, 5) is 45.3. The van der Waals surface area contributed by atoms with Crippen molar-refractivity contribution in [3.8, 4) is 11.5 Å². The summed E-state index contributed by atoms with van der Waals surface area (Å²) in [5.41, 5.74) is 3.76. The van der Waals surface area contributed by atoms with Gasteiger partial charge in [-0.25, -0.2) is 9.78 Å². The van der Waals surface area contributed by atoms with Gasteiger partial charge in [0.25, 0.3) is 5.78 Å². The van der Waals surface area contributed by atoms with E-state index in [0.717, 1.165) is 21.3 Å². The van der Waals surface area contributed by atoms with Crippen molar-refractivity contribution in [2.45, 2.75) is 19.9 Å². The zero-order valence-corrected chi connectivity index (χ0v) is 22.7. The molecule has 1 saturated heterocycles. The van der Waals surface area contributed by atoms with E-state index >= 15 is 0 Å². The topological polar surface area (TPSA) is 115 Å². The number of benzene rings is 3. The normalized spacial score (nSPS) is 17.9. The van der Waals surface area contributed by atoms with Crippen molar-refractivity contribution < 1.29 is 33.7 Å². The number of esters is 1. The maximum Gasteiger partial charge on any atom is 0.337 e. The molecule has 1 atom stereocenters. The fraction of sp³-hybridized carbons (Fsp3) is 0.200. The van der Waals surface area contributed by atoms with E-state index in [1.807, 2.05) is 26.0 Å². The molecule has 1 aromatic heterocycles. The monoisotopic (exact) mass is 556 g/mol. The summed E-state index contributed by atoms with van der Waals surface area (Å²) >= 11 is 1.29. The van der Waals surface area contributed by atoms with Gasteiger partial charge in [0.2, 0.25) is 0 Å². The number of methoxy groups -OCH3 is 1. The van der Waals surface area contributed by atoms with Crippen molar-refractivity contribution >= 4 is 50.1 Å². The van der Waals surface area contributed by atoms with E-state index in [0.29, 0.717) is 46.5 Å². The molecule has 4 aromatic rings. The lowest BCUT2D eigenvalue weighted by atomic mass is 9.94. The minimum absolute atomic E-state index is 0.0975. The number of carbonyl (C=O) groups is 3. The number of rotatable bonds is 4. The standard InChI is InChI=1S/C30H24N2O7S/c1-15-12-16(2)24-22(13-15)40-30(31-24)32-25(17-4-6-18(7-5-17)29(36)37-3)23(27(34)28(32)35)26(33)19-8-9-20-21(14-19)39-11-10-38-20/h4-9,12-14,25,33H,10-11H2,1-3H3/t25-/m1/s1. The fourth-order valence-electron chi connectivity index (χ4n) is 5.07. The third-order valence-electron chi connectivity index (χ3n) is 6.93. The molecule has 9 nitrogen and oxygen atoms in total. The second-order valence-electron chi connectivity index (χ2n) is 9.57. The third-order valence-corrected chi connectivity index (χ3v) is 7.93. The summed E-state index contributed by atoms with van der Waals surface area (Å²) in [5.74, 6) is -1.57. The Morgan fingerprint density at radius 1 is 1.00 bits per heavy atom. The molecule has 0 unspecified atom stereocenters. The first-order valence-corrected chi connectivity index (χ1v) is 13.4. The number of Topliss-reactive ketones (excluding diaryl/α,β-unsaturated/α-hetero) is 1. The number of carbonyl (C=O) groups excluding carboxylic acids is 3. The summed E-state index contributed by atoms with van der Waals surface area (Å²) in [5, 5.41) is 11.8. The molecule has 0 radical (unpaired) electrons. The number of nitrogens with zero attached hydrogens (tertiary/aromatic N) is 2. The number of ketones is 1. The van der Waals surface area contributed by atoms with Crippen LogP contribution in [0.5, 0.6) is 11.5 Å². The first kappa shape index (κ1) is 25.6. The van der Waals surface area contributed by atoms with Crippen LogP contribution in [0, 0.1) is 13.8 Å². The van der Waals surface area contributed by atoms with Crippen molar-refractivity contribution in [2.75, 3.05) is 25.2 Å². The van der Waals surface area contributed by atoms with E-state index in [1.165, 1.54) is 23.3 Å². The van der Waals surface area contributed by atoms with Crippen molar-refractivity contribution in [2.24, 2.45) is 0 Å². The Balaban J connectivity index is 1.54. The number of aromatic nitrogens is 1. The highest BCUT2D eigenvalue weighted by Crippen LogP contribution is 2.45. The smallest absolute Gasteiger partial charge is 0.337 e. The third kappa shape index (κ3) is 4.17. The van der Waals surface area contributed by atoms with Crippen molar-refractivity contribution in [3.63, 3.8) is 0 Å². The number of hydrogen-bond donors (Lipinski definition) is 1. The second kappa shape index (κ2) is 9.80. The van der Waals surface area contributed by atoms with Crippen LogP contribution in [0.25, 0.3) is 16.0 Å². The van der Waals surface area contributed by atoms with Crippen LogP contribution in [-0.4, -0.2) is 48.1 Å². The molecule has 1 amide bonds. The predicted molar refractivity (Wildman–Crippen MR) is 149 cm³/mol. The molecule has 1 fully saturated rings. The maximum absolute atomic E-state index is 13.6. The predicted octanol–water partition coefficient (Wildman–Crippen LogP) is 5.10. The average molecular weight is 557 g/mol. The Morgan fingerprint density at radius 2 is 1.70 bits per heavy atom. The van der Waals surface area contributed by atoms with E-state index < -0.39 is 23.7 Å². The number of aliphatic hydroxyl groups is 1. The van der Waals surface area contributed by atoms with Crippen LogP contribution >= 0.6 is 11.3 Å². The Bertz CT molecular complexity index is 1740. The number of thiazole rings is 1. The number of amides is 1. The van der Waals surface area contributed by atoms with E-state index in [2.05, 4.69) is 0 Å². The van der Waals surface area contributed by atoms with Gasteiger partial charge in [-0.05, 0) is 66.9 Å². The molecule has 0 spiro atoms. The molecule has 3 aromatic carbocycles. The van der Waals surface area contributed by atoms with Gasteiger partial charge >= 0.3 is 11.9 Å². The molecule has 40 heavy (non-hydrogen) atoms. The lowest BCUT2D eigenvalue weighted by Gasteiger charge is -2.23. The van der Waals surface area contributed by atoms with E-state index in [1.54, 1.807) is 42.5 Å². The molecule has 0 bridgehead atoms. The minimum Gasteiger partial charge on any atom is -0.507 e. The Kier molecular flexibility index (Phi) is 6.26. The minimum atomic E-state index is -0.998. The molecule has 6 rings (SSSR count). The van der Waals surface area contributed by atoms with Crippen LogP contribution in [0.1, 0.15) is 38.7 Å². The van der Waals surface area contributed by atoms with E-state index in [-0.39, 0.29) is 11.3 Å². The molecule has 3 heterocycles. The number of aliphatic hydroxyl groups excluding tert-OH is 1. The largest absolute Gasteiger partial charge is 0.507 e. The lowest BCUT2D eigenvalue weighted by molar-refractivity contribution is -0.132. The molecular formula is C30H24N2O7S. The molecular weight excluding hydrogens is 532 g/mol. The van der Waals surface area contributed by atoms with Crippen LogP contribution < -0.4 is 14.4 Å². The highest BCUT2D eigenvalue weighted by atomic mass is 32.1. The van der Waals surface area contributed by atoms with E-state index in [4.69, 9.17) is 19.2 Å². The van der Waals surface area contributed by atoms with Crippen LogP contribution in [0.2, 0.25) is 0 Å². The average Bonchev–Trinajstić information content (AvgIpc) is 3.50. The Hall–Kier alpha value is -4.70. The quantitative estimate of drug-likeness (QED) is 0.160. The number of ether oxygens (including phenoxy) is 3. The van der Waals surface area contributed by atoms with Gasteiger partial charge in [0, 0.05) is 5.56 Å². The molecule has 1 N–H and O–H groups in total. The first-order valence-electron chi connectivity index (χ1n) is 12.5. The van der Waals surface area contributed by atoms with Gasteiger partial charge in [-0.1, -0.05) is 29.5 Å². The van der Waals surface area contributed by atoms with E-state index in [9.17, 15) is 19.5 Å². The summed E-state index contributed by atoms with van der Waals surface area (Å²) in [6, 6.07) is 14.2. The fourth-order valence-corrected chi connectivity index (χ4v) is 6.24. The number of anilines is 1. The highest BCUT2D eigenvalue weighted by Gasteiger charge is 2.48. The van der Waals surface area contributed by atoms with Crippen LogP contribution in [0.3, 0.4) is 0 Å². The van der Waals surface area contributed by atoms with Crippen molar-refractivity contribution in [1.82, 2.24) is 4.98 Å². The summed E-state index contributed by atoms with van der Waals surface area (Å²) in [7, 11) is 1.29. The zero-order chi connectivity index (χ0) is 28.1. The second-order valence-corrected chi connectivity index (χ2v) is 10.6. The van der Waals surface area contributed by atoms with Crippen LogP contribution in [0.15, 0.2) is 60.2 Å². The molecule has 2 aliphatic rings. The molecule has 202 valence electrons. The van der Waals surface area contributed by atoms with Crippen LogP contribution in [0.4, 0.5) is 5.13 Å². The molecule has 10 heteroatoms. The highest BCUT2D eigenvalue weighted by molar-refractivity contribution is 7.22. The molecule has 0 aliphatic carbocycles. The molecule has 0 saturated carbocycles. The van der Waals surface area contributed by atoms with Crippen molar-refractivity contribution in [1.29, 1.82) is 0 Å². The Labute approximate surface area is 233 Å². The summed E-state index contributed by atoms with van der Waals surface area (Å²) in [6.45, 7) is 4.68. The summed E-state index contributed by atoms with van der Waals surface area (Å²) in [6.07, 6.45) is 0. The van der Waals surface area contributed by atoms with Gasteiger partial charge in [0.05, 0.1) is 34.5 Å². The maximum atomic E-state index is 13.6. The first-order chi connectivity index (χ1) is 19.3. The number of hydrogen-bond acceptors (Lipinski definition) is 9. The van der Waals surface area contributed by atoms with Gasteiger partial charge in [-0.3, -0.25) is 14.5 Å². The van der Waals surface area contributed by atoms with Gasteiger partial charge in [-0.15, -0.1) is 0 Å². The van der Waals surface area contributed by atoms with Gasteiger partial charge in [0.1, 0.15) is 19.0 Å². The van der Waals surface area contributed by atoms with Gasteiger partial charge in [0.15, 0.2) is 16.6 Å². The summed E-state index contributed by atoms with van der Waals surface area (Å²) < 4.78 is 16.9. The van der Waals surface area contributed by atoms with Gasteiger partial charge in [-0.2, -0.15) is 0 Å². The van der Waals surface area contributed by atoms with Gasteiger partial charge < -0.3 is 19.3 Å². The number of aryl methyl sites for hydroxylation is 2.